The van der Waals surface area contributed by atoms with Gasteiger partial charge in [0.2, 0.25) is 0 Å². The Morgan fingerprint density at radius 3 is 2.57 bits per heavy atom. The van der Waals surface area contributed by atoms with Crippen molar-refractivity contribution in [2.45, 2.75) is 39.7 Å². The normalized spacial score (nSPS) is 12.7. The van der Waals surface area contributed by atoms with Gasteiger partial charge in [-0.05, 0) is 69.5 Å². The number of nitrogens with zero attached hydrogens (tertiary/aromatic N) is 2. The smallest absolute Gasteiger partial charge is 0.123 e. The first kappa shape index (κ1) is 15.7. The van der Waals surface area contributed by atoms with Crippen LogP contribution in [0.5, 0.6) is 0 Å². The lowest BCUT2D eigenvalue weighted by molar-refractivity contribution is 0.538. The van der Waals surface area contributed by atoms with Gasteiger partial charge in [0.25, 0.3) is 0 Å². The number of halogens is 1. The van der Waals surface area contributed by atoms with Crippen molar-refractivity contribution in [3.05, 3.63) is 52.1 Å². The van der Waals surface area contributed by atoms with Crippen molar-refractivity contribution >= 4 is 0 Å². The third kappa shape index (κ3) is 3.32. The molecule has 1 aromatic carbocycles. The number of hydrogen-bond donors (Lipinski definition) is 1. The average Bonchev–Trinajstić information content (AvgIpc) is 2.69. The second-order valence-electron chi connectivity index (χ2n) is 5.65. The summed E-state index contributed by atoms with van der Waals surface area (Å²) in [5.74, 6) is -0.176. The molecule has 0 saturated heterocycles. The number of nitrogens with one attached hydrogen (secondary N) is 1. The van der Waals surface area contributed by atoms with Crippen LogP contribution in [-0.4, -0.2) is 16.8 Å². The molecule has 1 aromatic heterocycles. The van der Waals surface area contributed by atoms with Gasteiger partial charge in [0.05, 0.1) is 5.69 Å². The molecule has 1 atom stereocenters. The van der Waals surface area contributed by atoms with E-state index in [1.807, 2.05) is 38.7 Å². The highest BCUT2D eigenvalue weighted by Crippen LogP contribution is 2.24. The van der Waals surface area contributed by atoms with E-state index < -0.39 is 0 Å². The first-order chi connectivity index (χ1) is 9.93. The number of rotatable bonds is 5. The predicted octanol–water partition coefficient (Wildman–Crippen LogP) is 3.38. The Morgan fingerprint density at radius 2 is 2.00 bits per heavy atom. The van der Waals surface area contributed by atoms with Crippen molar-refractivity contribution in [1.82, 2.24) is 15.1 Å². The fourth-order valence-corrected chi connectivity index (χ4v) is 2.91. The second kappa shape index (κ2) is 6.39. The fraction of sp³-hybridized carbons (Fsp3) is 0.471. The molecular weight excluding hydrogens is 265 g/mol. The number of aryl methyl sites for hydroxylation is 3. The fourth-order valence-electron chi connectivity index (χ4n) is 2.91. The Balaban J connectivity index is 2.18. The van der Waals surface area contributed by atoms with Gasteiger partial charge >= 0.3 is 0 Å². The first-order valence-corrected chi connectivity index (χ1v) is 7.36. The van der Waals surface area contributed by atoms with Crippen LogP contribution in [0.2, 0.25) is 0 Å². The van der Waals surface area contributed by atoms with Crippen LogP contribution in [-0.2, 0) is 13.5 Å². The van der Waals surface area contributed by atoms with Gasteiger partial charge in [-0.1, -0.05) is 6.07 Å². The lowest BCUT2D eigenvalue weighted by Crippen LogP contribution is -2.18. The predicted molar refractivity (Wildman–Crippen MR) is 83.9 cm³/mol. The quantitative estimate of drug-likeness (QED) is 0.914. The lowest BCUT2D eigenvalue weighted by Gasteiger charge is -2.19. The van der Waals surface area contributed by atoms with E-state index in [2.05, 4.69) is 17.3 Å². The van der Waals surface area contributed by atoms with Crippen LogP contribution in [0.3, 0.4) is 0 Å². The van der Waals surface area contributed by atoms with E-state index in [4.69, 9.17) is 0 Å². The van der Waals surface area contributed by atoms with Crippen molar-refractivity contribution in [2.75, 3.05) is 7.05 Å². The third-order valence-corrected chi connectivity index (χ3v) is 4.31. The lowest BCUT2D eigenvalue weighted by atomic mass is 9.95. The molecule has 0 fully saturated rings. The van der Waals surface area contributed by atoms with Crippen molar-refractivity contribution < 1.29 is 4.39 Å². The molecule has 1 heterocycles. The Hall–Kier alpha value is -1.68. The summed E-state index contributed by atoms with van der Waals surface area (Å²) in [6.07, 6.45) is 1.86. The Labute approximate surface area is 126 Å². The van der Waals surface area contributed by atoms with E-state index >= 15 is 0 Å². The Kier molecular flexibility index (Phi) is 4.78. The average molecular weight is 289 g/mol. The van der Waals surface area contributed by atoms with Gasteiger partial charge in [-0.25, -0.2) is 4.39 Å². The molecule has 0 aliphatic heterocycles. The van der Waals surface area contributed by atoms with E-state index in [1.165, 1.54) is 17.3 Å². The molecule has 0 saturated carbocycles. The molecule has 2 rings (SSSR count). The third-order valence-electron chi connectivity index (χ3n) is 4.31. The molecular formula is C17H24FN3. The van der Waals surface area contributed by atoms with Crippen molar-refractivity contribution in [3.8, 4) is 0 Å². The van der Waals surface area contributed by atoms with Crippen LogP contribution in [0.25, 0.3) is 0 Å². The number of aromatic nitrogens is 2. The summed E-state index contributed by atoms with van der Waals surface area (Å²) in [4.78, 5) is 0. The van der Waals surface area contributed by atoms with Crippen LogP contribution in [0, 0.1) is 26.6 Å². The molecule has 0 bridgehead atoms. The second-order valence-corrected chi connectivity index (χ2v) is 5.65. The van der Waals surface area contributed by atoms with Crippen LogP contribution < -0.4 is 5.32 Å². The van der Waals surface area contributed by atoms with Gasteiger partial charge in [-0.2, -0.15) is 5.10 Å². The molecule has 2 aromatic rings. The summed E-state index contributed by atoms with van der Waals surface area (Å²) < 4.78 is 15.4. The van der Waals surface area contributed by atoms with E-state index in [0.717, 1.165) is 29.7 Å². The summed E-state index contributed by atoms with van der Waals surface area (Å²) in [6, 6.07) is 5.15. The summed E-state index contributed by atoms with van der Waals surface area (Å²) in [6.45, 7) is 6.17. The van der Waals surface area contributed by atoms with Crippen molar-refractivity contribution in [1.29, 1.82) is 0 Å². The number of hydrogen-bond acceptors (Lipinski definition) is 2. The van der Waals surface area contributed by atoms with Gasteiger partial charge in [-0.15, -0.1) is 0 Å². The standard InChI is InChI=1S/C17H24FN3/c1-11-6-7-14(18)10-16(11)17(19-4)9-8-15-12(2)20-21(5)13(15)3/h6-7,10,17,19H,8-9H2,1-5H3. The zero-order valence-corrected chi connectivity index (χ0v) is 13.5. The molecule has 0 aliphatic carbocycles. The Bertz CT molecular complexity index is 631. The minimum Gasteiger partial charge on any atom is -0.313 e. The van der Waals surface area contributed by atoms with Crippen LogP contribution in [0.1, 0.15) is 40.5 Å². The van der Waals surface area contributed by atoms with E-state index in [0.29, 0.717) is 0 Å². The molecule has 4 heteroatoms. The van der Waals surface area contributed by atoms with Gasteiger partial charge in [0.1, 0.15) is 5.82 Å². The maximum Gasteiger partial charge on any atom is 0.123 e. The molecule has 21 heavy (non-hydrogen) atoms. The molecule has 0 aliphatic rings. The van der Waals surface area contributed by atoms with Gasteiger partial charge in [-0.3, -0.25) is 4.68 Å². The van der Waals surface area contributed by atoms with Crippen LogP contribution in [0.4, 0.5) is 4.39 Å². The van der Waals surface area contributed by atoms with Gasteiger partial charge in [0, 0.05) is 18.8 Å². The first-order valence-electron chi connectivity index (χ1n) is 7.36. The zero-order chi connectivity index (χ0) is 15.6. The number of benzene rings is 1. The highest BCUT2D eigenvalue weighted by molar-refractivity contribution is 5.30. The minimum absolute atomic E-state index is 0.153. The van der Waals surface area contributed by atoms with Crippen molar-refractivity contribution in [2.24, 2.45) is 7.05 Å². The molecule has 0 spiro atoms. The van der Waals surface area contributed by atoms with E-state index in [9.17, 15) is 4.39 Å². The summed E-state index contributed by atoms with van der Waals surface area (Å²) in [7, 11) is 3.90. The largest absolute Gasteiger partial charge is 0.313 e. The summed E-state index contributed by atoms with van der Waals surface area (Å²) >= 11 is 0. The molecule has 3 nitrogen and oxygen atoms in total. The van der Waals surface area contributed by atoms with E-state index in [-0.39, 0.29) is 11.9 Å². The summed E-state index contributed by atoms with van der Waals surface area (Å²) in [5.41, 5.74) is 5.75. The SMILES string of the molecule is CNC(CCc1c(C)nn(C)c1C)c1cc(F)ccc1C. The molecule has 0 amide bonds. The molecule has 1 N–H and O–H groups in total. The highest BCUT2D eigenvalue weighted by atomic mass is 19.1. The van der Waals surface area contributed by atoms with Crippen molar-refractivity contribution in [3.63, 3.8) is 0 Å². The monoisotopic (exact) mass is 289 g/mol. The molecule has 0 radical (unpaired) electrons. The Morgan fingerprint density at radius 1 is 1.29 bits per heavy atom. The topological polar surface area (TPSA) is 29.9 Å². The van der Waals surface area contributed by atoms with E-state index in [1.54, 1.807) is 6.07 Å². The van der Waals surface area contributed by atoms with Crippen LogP contribution >= 0.6 is 0 Å². The maximum atomic E-state index is 13.5. The van der Waals surface area contributed by atoms with Crippen LogP contribution in [0.15, 0.2) is 18.2 Å². The molecule has 1 unspecified atom stereocenters. The van der Waals surface area contributed by atoms with Gasteiger partial charge in [0.15, 0.2) is 0 Å². The highest BCUT2D eigenvalue weighted by Gasteiger charge is 2.16. The van der Waals surface area contributed by atoms with Gasteiger partial charge < -0.3 is 5.32 Å². The zero-order valence-electron chi connectivity index (χ0n) is 13.5. The molecule has 114 valence electrons. The summed E-state index contributed by atoms with van der Waals surface area (Å²) in [5, 5.41) is 7.76. The maximum absolute atomic E-state index is 13.5. The minimum atomic E-state index is -0.176.